The third-order valence-electron chi connectivity index (χ3n) is 9.66. The van der Waals surface area contributed by atoms with Gasteiger partial charge in [0.1, 0.15) is 5.78 Å². The van der Waals surface area contributed by atoms with Crippen LogP contribution in [0.4, 0.5) is 0 Å². The van der Waals surface area contributed by atoms with E-state index in [2.05, 4.69) is 34.6 Å². The van der Waals surface area contributed by atoms with Crippen LogP contribution in [0, 0.1) is 46.3 Å². The number of fused-ring (bicyclic) bond motifs is 3. The zero-order valence-electron chi connectivity index (χ0n) is 19.5. The number of aliphatic carboxylic acids is 1. The molecule has 166 valence electrons. The van der Waals surface area contributed by atoms with Crippen LogP contribution in [-0.4, -0.2) is 16.9 Å². The number of Topliss-reactive ketones (excluding diaryl/α,β-unsaturated/α-hetero) is 1. The van der Waals surface area contributed by atoms with Crippen LogP contribution in [0.3, 0.4) is 0 Å². The fraction of sp³-hybridized carbons (Fsp3) is 0.923. The SMILES string of the molecule is CC(C)CCC[C@@H](C)[C@@H]1CC[C@H]2[C@H]3CCC(=O)[C@@](C)(CCC(=O)O)[C@@H]3CC[C@@]21C. The van der Waals surface area contributed by atoms with Crippen molar-refractivity contribution in [3.05, 3.63) is 0 Å². The lowest BCUT2D eigenvalue weighted by Gasteiger charge is -2.56. The summed E-state index contributed by atoms with van der Waals surface area (Å²) in [5.41, 5.74) is 0.0100. The van der Waals surface area contributed by atoms with Gasteiger partial charge in [0.25, 0.3) is 0 Å². The first kappa shape index (κ1) is 22.8. The topological polar surface area (TPSA) is 54.4 Å². The molecule has 0 spiro atoms. The first-order valence-electron chi connectivity index (χ1n) is 12.3. The van der Waals surface area contributed by atoms with Gasteiger partial charge in [-0.2, -0.15) is 0 Å². The zero-order valence-corrected chi connectivity index (χ0v) is 19.5. The van der Waals surface area contributed by atoms with Crippen LogP contribution in [0.2, 0.25) is 0 Å². The number of carboxylic acid groups (broad SMARTS) is 1. The molecule has 3 heteroatoms. The Morgan fingerprint density at radius 2 is 1.79 bits per heavy atom. The van der Waals surface area contributed by atoms with E-state index in [1.54, 1.807) is 0 Å². The van der Waals surface area contributed by atoms with Gasteiger partial charge in [-0.25, -0.2) is 0 Å². The van der Waals surface area contributed by atoms with E-state index in [9.17, 15) is 14.7 Å². The first-order chi connectivity index (χ1) is 13.6. The molecular weight excluding hydrogens is 360 g/mol. The molecule has 1 N–H and O–H groups in total. The Bertz CT molecular complexity index is 611. The molecule has 3 nitrogen and oxygen atoms in total. The van der Waals surface area contributed by atoms with Gasteiger partial charge >= 0.3 is 5.97 Å². The number of hydrogen-bond acceptors (Lipinski definition) is 2. The van der Waals surface area contributed by atoms with Crippen LogP contribution < -0.4 is 0 Å². The van der Waals surface area contributed by atoms with Crippen LogP contribution in [0.1, 0.15) is 105 Å². The van der Waals surface area contributed by atoms with E-state index >= 15 is 0 Å². The van der Waals surface area contributed by atoms with Gasteiger partial charge in [-0.05, 0) is 79.4 Å². The third-order valence-corrected chi connectivity index (χ3v) is 9.66. The number of carboxylic acids is 1. The average molecular weight is 405 g/mol. The molecule has 0 amide bonds. The smallest absolute Gasteiger partial charge is 0.303 e. The van der Waals surface area contributed by atoms with E-state index in [-0.39, 0.29) is 6.42 Å². The van der Waals surface area contributed by atoms with Crippen LogP contribution in [0.15, 0.2) is 0 Å². The maximum Gasteiger partial charge on any atom is 0.303 e. The summed E-state index contributed by atoms with van der Waals surface area (Å²) in [7, 11) is 0. The summed E-state index contributed by atoms with van der Waals surface area (Å²) < 4.78 is 0. The maximum absolute atomic E-state index is 12.9. The van der Waals surface area contributed by atoms with Gasteiger partial charge in [0, 0.05) is 18.3 Å². The van der Waals surface area contributed by atoms with Crippen LogP contribution >= 0.6 is 0 Å². The van der Waals surface area contributed by atoms with Crippen molar-refractivity contribution in [3.8, 4) is 0 Å². The van der Waals surface area contributed by atoms with Gasteiger partial charge in [0.2, 0.25) is 0 Å². The summed E-state index contributed by atoms with van der Waals surface area (Å²) in [6.07, 6.45) is 11.4. The second kappa shape index (κ2) is 8.71. The van der Waals surface area contributed by atoms with Gasteiger partial charge in [0.15, 0.2) is 0 Å². The molecule has 3 fully saturated rings. The Morgan fingerprint density at radius 3 is 2.45 bits per heavy atom. The lowest BCUT2D eigenvalue weighted by atomic mass is 9.48. The Labute approximate surface area is 178 Å². The van der Waals surface area contributed by atoms with Crippen molar-refractivity contribution >= 4 is 11.8 Å². The zero-order chi connectivity index (χ0) is 21.4. The van der Waals surface area contributed by atoms with E-state index in [0.717, 1.165) is 36.5 Å². The number of ketones is 1. The van der Waals surface area contributed by atoms with E-state index in [1.165, 1.54) is 38.5 Å². The number of hydrogen-bond donors (Lipinski definition) is 1. The van der Waals surface area contributed by atoms with Crippen LogP contribution in [0.25, 0.3) is 0 Å². The number of carbonyl (C=O) groups excluding carboxylic acids is 1. The highest BCUT2D eigenvalue weighted by Gasteiger charge is 2.59. The minimum absolute atomic E-state index is 0.128. The highest BCUT2D eigenvalue weighted by molar-refractivity contribution is 5.86. The summed E-state index contributed by atoms with van der Waals surface area (Å²) in [4.78, 5) is 24.1. The Kier molecular flexibility index (Phi) is 6.85. The largest absolute Gasteiger partial charge is 0.481 e. The average Bonchev–Trinajstić information content (AvgIpc) is 3.00. The minimum atomic E-state index is -0.766. The van der Waals surface area contributed by atoms with Crippen molar-refractivity contribution in [2.24, 2.45) is 46.3 Å². The minimum Gasteiger partial charge on any atom is -0.481 e. The predicted molar refractivity (Wildman–Crippen MR) is 118 cm³/mol. The number of rotatable bonds is 8. The number of carbonyl (C=O) groups is 2. The molecule has 0 bridgehead atoms. The lowest BCUT2D eigenvalue weighted by molar-refractivity contribution is -0.148. The second-order valence-electron chi connectivity index (χ2n) is 11.7. The van der Waals surface area contributed by atoms with Gasteiger partial charge in [-0.15, -0.1) is 0 Å². The van der Waals surface area contributed by atoms with Gasteiger partial charge < -0.3 is 5.11 Å². The van der Waals surface area contributed by atoms with Gasteiger partial charge in [0.05, 0.1) is 0 Å². The van der Waals surface area contributed by atoms with E-state index in [1.807, 2.05) is 0 Å². The quantitative estimate of drug-likeness (QED) is 0.487. The maximum atomic E-state index is 12.9. The van der Waals surface area contributed by atoms with E-state index in [0.29, 0.717) is 35.9 Å². The molecule has 7 atom stereocenters. The first-order valence-corrected chi connectivity index (χ1v) is 12.3. The van der Waals surface area contributed by atoms with E-state index in [4.69, 9.17) is 0 Å². The fourth-order valence-electron chi connectivity index (χ4n) is 7.99. The molecule has 0 aromatic carbocycles. The standard InChI is InChI=1S/C26H44O3/c1-17(2)7-6-8-18(3)20-10-11-21-19-9-12-23(27)26(5,16-14-24(28)29)22(19)13-15-25(20,21)4/h17-22H,6-16H2,1-5H3,(H,28,29)/t18-,19-,20+,21+,22-,25-,26+/m1/s1. The van der Waals surface area contributed by atoms with Crippen molar-refractivity contribution in [2.75, 3.05) is 0 Å². The van der Waals surface area contributed by atoms with Crippen molar-refractivity contribution in [3.63, 3.8) is 0 Å². The van der Waals surface area contributed by atoms with Crippen molar-refractivity contribution in [2.45, 2.75) is 105 Å². The summed E-state index contributed by atoms with van der Waals surface area (Å²) in [6.45, 7) is 11.8. The molecule has 3 rings (SSSR count). The summed E-state index contributed by atoms with van der Waals surface area (Å²) in [6, 6.07) is 0. The molecular formula is C26H44O3. The molecule has 0 aromatic heterocycles. The van der Waals surface area contributed by atoms with Gasteiger partial charge in [-0.1, -0.05) is 53.9 Å². The highest BCUT2D eigenvalue weighted by Crippen LogP contribution is 2.65. The van der Waals surface area contributed by atoms with Crippen molar-refractivity contribution in [1.82, 2.24) is 0 Å². The third kappa shape index (κ3) is 4.30. The molecule has 29 heavy (non-hydrogen) atoms. The van der Waals surface area contributed by atoms with Crippen LogP contribution in [-0.2, 0) is 9.59 Å². The molecule has 0 aromatic rings. The lowest BCUT2D eigenvalue weighted by Crippen LogP contribution is -2.52. The van der Waals surface area contributed by atoms with Crippen molar-refractivity contribution < 1.29 is 14.7 Å². The van der Waals surface area contributed by atoms with Crippen LogP contribution in [0.5, 0.6) is 0 Å². The molecule has 0 aliphatic heterocycles. The Hall–Kier alpha value is -0.860. The molecule has 0 radical (unpaired) electrons. The fourth-order valence-corrected chi connectivity index (χ4v) is 7.99. The van der Waals surface area contributed by atoms with Gasteiger partial charge in [-0.3, -0.25) is 9.59 Å². The highest BCUT2D eigenvalue weighted by atomic mass is 16.4. The molecule has 0 heterocycles. The normalized spacial score (nSPS) is 40.6. The molecule has 3 aliphatic carbocycles. The van der Waals surface area contributed by atoms with E-state index < -0.39 is 11.4 Å². The summed E-state index contributed by atoms with van der Waals surface area (Å²) >= 11 is 0. The monoisotopic (exact) mass is 404 g/mol. The summed E-state index contributed by atoms with van der Waals surface area (Å²) in [5, 5.41) is 9.22. The molecule has 0 saturated heterocycles. The van der Waals surface area contributed by atoms with Crippen molar-refractivity contribution in [1.29, 1.82) is 0 Å². The Morgan fingerprint density at radius 1 is 1.07 bits per heavy atom. The molecule has 3 aliphatic rings. The predicted octanol–water partition coefficient (Wildman–Crippen LogP) is 6.74. The molecule has 3 saturated carbocycles. The second-order valence-corrected chi connectivity index (χ2v) is 11.7. The summed E-state index contributed by atoms with van der Waals surface area (Å²) in [5.74, 6) is 3.74. The Balaban J connectivity index is 1.73. The molecule has 0 unspecified atom stereocenters.